The normalized spacial score (nSPS) is 22.3. The maximum Gasteiger partial charge on any atom is 0.410 e. The van der Waals surface area contributed by atoms with Crippen molar-refractivity contribution in [1.82, 2.24) is 10.2 Å². The van der Waals surface area contributed by atoms with Gasteiger partial charge in [-0.15, -0.1) is 0 Å². The number of amides is 1. The second kappa shape index (κ2) is 7.73. The predicted molar refractivity (Wildman–Crippen MR) is 88.9 cm³/mol. The summed E-state index contributed by atoms with van der Waals surface area (Å²) in [6, 6.07) is 0.568. The first kappa shape index (κ1) is 16.9. The molecule has 1 N–H and O–H groups in total. The summed E-state index contributed by atoms with van der Waals surface area (Å²) in [5.74, 6) is 3.50. The molecule has 5 heteroatoms. The molecule has 0 saturated carbocycles. The quantitative estimate of drug-likeness (QED) is 0.869. The third-order valence-corrected chi connectivity index (χ3v) is 5.23. The van der Waals surface area contributed by atoms with Crippen molar-refractivity contribution in [2.75, 3.05) is 31.1 Å². The molecule has 4 nitrogen and oxygen atoms in total. The molecule has 2 saturated heterocycles. The molecular formula is C16H30N2O2S. The van der Waals surface area contributed by atoms with Crippen LogP contribution in [0.15, 0.2) is 0 Å². The molecule has 0 radical (unpaired) electrons. The molecule has 2 aliphatic heterocycles. The monoisotopic (exact) mass is 314 g/mol. The number of carbonyl (C=O) groups is 1. The number of thioether (sulfide) groups is 1. The number of rotatable bonds is 3. The van der Waals surface area contributed by atoms with Crippen LogP contribution in [0.1, 0.15) is 46.5 Å². The Morgan fingerprint density at radius 2 is 1.81 bits per heavy atom. The largest absolute Gasteiger partial charge is 0.444 e. The first-order valence-corrected chi connectivity index (χ1v) is 9.38. The van der Waals surface area contributed by atoms with Crippen molar-refractivity contribution in [3.8, 4) is 0 Å². The van der Waals surface area contributed by atoms with Gasteiger partial charge in [0.05, 0.1) is 0 Å². The van der Waals surface area contributed by atoms with E-state index in [2.05, 4.69) is 17.1 Å². The van der Waals surface area contributed by atoms with Crippen LogP contribution >= 0.6 is 11.8 Å². The van der Waals surface area contributed by atoms with Crippen LogP contribution < -0.4 is 5.32 Å². The summed E-state index contributed by atoms with van der Waals surface area (Å²) < 4.78 is 5.43. The van der Waals surface area contributed by atoms with E-state index >= 15 is 0 Å². The summed E-state index contributed by atoms with van der Waals surface area (Å²) in [5, 5.41) is 3.71. The molecule has 0 aromatic rings. The molecule has 122 valence electrons. The van der Waals surface area contributed by atoms with Crippen LogP contribution in [0.2, 0.25) is 0 Å². The average Bonchev–Trinajstić information content (AvgIpc) is 2.45. The first-order valence-electron chi connectivity index (χ1n) is 8.23. The molecule has 0 aromatic heterocycles. The third kappa shape index (κ3) is 6.07. The molecule has 0 unspecified atom stereocenters. The molecule has 2 heterocycles. The number of nitrogens with one attached hydrogen (secondary N) is 1. The lowest BCUT2D eigenvalue weighted by atomic mass is 10.0. The SMILES string of the molecule is CC(C)(C)OC(=O)N1CCC(NCC2CCSCC2)CC1. The molecule has 0 aliphatic carbocycles. The van der Waals surface area contributed by atoms with Crippen LogP contribution in [-0.4, -0.2) is 53.8 Å². The van der Waals surface area contributed by atoms with E-state index in [9.17, 15) is 4.79 Å². The van der Waals surface area contributed by atoms with Crippen LogP contribution in [0.3, 0.4) is 0 Å². The van der Waals surface area contributed by atoms with Gasteiger partial charge >= 0.3 is 6.09 Å². The number of ether oxygens (including phenoxy) is 1. The first-order chi connectivity index (χ1) is 9.94. The summed E-state index contributed by atoms with van der Waals surface area (Å²) in [5.41, 5.74) is -0.398. The lowest BCUT2D eigenvalue weighted by Gasteiger charge is -2.34. The molecule has 0 bridgehead atoms. The Kier molecular flexibility index (Phi) is 6.23. The lowest BCUT2D eigenvalue weighted by molar-refractivity contribution is 0.0197. The van der Waals surface area contributed by atoms with Crippen molar-refractivity contribution < 1.29 is 9.53 Å². The van der Waals surface area contributed by atoms with Gasteiger partial charge in [0, 0.05) is 19.1 Å². The van der Waals surface area contributed by atoms with E-state index in [0.29, 0.717) is 6.04 Å². The maximum absolute atomic E-state index is 12.0. The van der Waals surface area contributed by atoms with E-state index in [0.717, 1.165) is 38.4 Å². The highest BCUT2D eigenvalue weighted by atomic mass is 32.2. The zero-order valence-corrected chi connectivity index (χ0v) is 14.5. The van der Waals surface area contributed by atoms with Crippen LogP contribution in [0, 0.1) is 5.92 Å². The molecule has 21 heavy (non-hydrogen) atoms. The van der Waals surface area contributed by atoms with E-state index in [1.54, 1.807) is 0 Å². The van der Waals surface area contributed by atoms with Gasteiger partial charge in [-0.1, -0.05) is 0 Å². The second-order valence-electron chi connectivity index (χ2n) is 7.21. The molecule has 2 fully saturated rings. The predicted octanol–water partition coefficient (Wildman–Crippen LogP) is 3.12. The van der Waals surface area contributed by atoms with Crippen molar-refractivity contribution in [3.63, 3.8) is 0 Å². The van der Waals surface area contributed by atoms with Crippen LogP contribution in [-0.2, 0) is 4.74 Å². The van der Waals surface area contributed by atoms with E-state index in [1.807, 2.05) is 25.7 Å². The fraction of sp³-hybridized carbons (Fsp3) is 0.938. The number of hydrogen-bond donors (Lipinski definition) is 1. The fourth-order valence-electron chi connectivity index (χ4n) is 2.88. The lowest BCUT2D eigenvalue weighted by Crippen LogP contribution is -2.47. The zero-order valence-electron chi connectivity index (χ0n) is 13.7. The van der Waals surface area contributed by atoms with Crippen LogP contribution in [0.25, 0.3) is 0 Å². The van der Waals surface area contributed by atoms with E-state index < -0.39 is 5.60 Å². The highest BCUT2D eigenvalue weighted by Gasteiger charge is 2.27. The van der Waals surface area contributed by atoms with Crippen molar-refractivity contribution >= 4 is 17.9 Å². The molecule has 1 amide bonds. The van der Waals surface area contributed by atoms with Gasteiger partial charge in [0.1, 0.15) is 5.60 Å². The van der Waals surface area contributed by atoms with Gasteiger partial charge in [-0.25, -0.2) is 4.79 Å². The second-order valence-corrected chi connectivity index (χ2v) is 8.43. The van der Waals surface area contributed by atoms with Gasteiger partial charge in [-0.05, 0) is 70.4 Å². The van der Waals surface area contributed by atoms with E-state index in [-0.39, 0.29) is 6.09 Å². The van der Waals surface area contributed by atoms with Crippen molar-refractivity contribution in [3.05, 3.63) is 0 Å². The summed E-state index contributed by atoms with van der Waals surface area (Å²) in [6.07, 6.45) is 4.63. The smallest absolute Gasteiger partial charge is 0.410 e. The van der Waals surface area contributed by atoms with Crippen LogP contribution in [0.5, 0.6) is 0 Å². The van der Waals surface area contributed by atoms with Crippen LogP contribution in [0.4, 0.5) is 4.79 Å². The number of nitrogens with zero attached hydrogens (tertiary/aromatic N) is 1. The van der Waals surface area contributed by atoms with Gasteiger partial charge in [0.15, 0.2) is 0 Å². The Balaban J connectivity index is 1.64. The number of carbonyl (C=O) groups excluding carboxylic acids is 1. The van der Waals surface area contributed by atoms with Gasteiger partial charge in [-0.2, -0.15) is 11.8 Å². The number of piperidine rings is 1. The molecule has 0 aromatic carbocycles. The van der Waals surface area contributed by atoms with Gasteiger partial charge in [-0.3, -0.25) is 0 Å². The van der Waals surface area contributed by atoms with Gasteiger partial charge in [0.25, 0.3) is 0 Å². The summed E-state index contributed by atoms with van der Waals surface area (Å²) in [7, 11) is 0. The van der Waals surface area contributed by atoms with Crippen molar-refractivity contribution in [2.45, 2.75) is 58.1 Å². The summed E-state index contributed by atoms with van der Waals surface area (Å²) in [6.45, 7) is 8.53. The molecule has 2 rings (SSSR count). The number of hydrogen-bond acceptors (Lipinski definition) is 4. The topological polar surface area (TPSA) is 41.6 Å². The Morgan fingerprint density at radius 1 is 1.19 bits per heavy atom. The zero-order chi connectivity index (χ0) is 15.3. The minimum absolute atomic E-state index is 0.162. The third-order valence-electron chi connectivity index (χ3n) is 4.18. The average molecular weight is 314 g/mol. The number of likely N-dealkylation sites (tertiary alicyclic amines) is 1. The Bertz CT molecular complexity index is 330. The standard InChI is InChI=1S/C16H30N2O2S/c1-16(2,3)20-15(19)18-8-4-14(5-9-18)17-12-13-6-10-21-11-7-13/h13-14,17H,4-12H2,1-3H3. The van der Waals surface area contributed by atoms with E-state index in [4.69, 9.17) is 4.74 Å². The van der Waals surface area contributed by atoms with Crippen molar-refractivity contribution in [1.29, 1.82) is 0 Å². The highest BCUT2D eigenvalue weighted by Crippen LogP contribution is 2.22. The summed E-state index contributed by atoms with van der Waals surface area (Å²) in [4.78, 5) is 13.9. The molecular weight excluding hydrogens is 284 g/mol. The Labute approximate surface area is 133 Å². The van der Waals surface area contributed by atoms with Gasteiger partial charge in [0.2, 0.25) is 0 Å². The minimum Gasteiger partial charge on any atom is -0.444 e. The Hall–Kier alpha value is -0.420. The summed E-state index contributed by atoms with van der Waals surface area (Å²) >= 11 is 2.08. The molecule has 0 spiro atoms. The fourth-order valence-corrected chi connectivity index (χ4v) is 4.08. The molecule has 0 atom stereocenters. The van der Waals surface area contributed by atoms with Crippen molar-refractivity contribution in [2.24, 2.45) is 5.92 Å². The maximum atomic E-state index is 12.0. The Morgan fingerprint density at radius 3 is 2.38 bits per heavy atom. The van der Waals surface area contributed by atoms with Gasteiger partial charge < -0.3 is 15.0 Å². The van der Waals surface area contributed by atoms with E-state index in [1.165, 1.54) is 24.3 Å². The minimum atomic E-state index is -0.398. The highest BCUT2D eigenvalue weighted by molar-refractivity contribution is 7.99. The molecule has 2 aliphatic rings.